The Balaban J connectivity index is 1.06. The van der Waals surface area contributed by atoms with E-state index in [0.29, 0.717) is 0 Å². The van der Waals surface area contributed by atoms with E-state index in [1.165, 1.54) is 50.1 Å². The quantitative estimate of drug-likeness (QED) is 0.192. The molecule has 228 valence electrons. The predicted octanol–water partition coefficient (Wildman–Crippen LogP) is 10.8. The van der Waals surface area contributed by atoms with Gasteiger partial charge in [-0.05, 0) is 95.4 Å². The van der Waals surface area contributed by atoms with E-state index in [1.54, 1.807) is 0 Å². The molecule has 5 heteroatoms. The number of para-hydroxylation sites is 3. The lowest BCUT2D eigenvalue weighted by atomic mass is 9.99. The summed E-state index contributed by atoms with van der Waals surface area (Å²) in [5.41, 5.74) is 12.2. The molecule has 48 heavy (non-hydrogen) atoms. The Kier molecular flexibility index (Phi) is 5.93. The van der Waals surface area contributed by atoms with Crippen molar-refractivity contribution in [1.82, 2.24) is 9.55 Å². The molecule has 8 aromatic rings. The minimum absolute atomic E-state index is 0.719. The van der Waals surface area contributed by atoms with Gasteiger partial charge in [0.2, 0.25) is 0 Å². The molecule has 1 aliphatic heterocycles. The van der Waals surface area contributed by atoms with Crippen molar-refractivity contribution in [3.05, 3.63) is 169 Å². The molecule has 0 spiro atoms. The molecule has 5 nitrogen and oxygen atoms in total. The van der Waals surface area contributed by atoms with Crippen LogP contribution in [0.3, 0.4) is 0 Å². The number of pyridine rings is 1. The summed E-state index contributed by atoms with van der Waals surface area (Å²) in [6.45, 7) is 0.719. The van der Waals surface area contributed by atoms with E-state index in [0.717, 1.165) is 47.1 Å². The van der Waals surface area contributed by atoms with Crippen molar-refractivity contribution in [2.75, 3.05) is 16.5 Å². The Morgan fingerprint density at radius 3 is 2.15 bits per heavy atom. The van der Waals surface area contributed by atoms with Crippen molar-refractivity contribution in [2.24, 2.45) is 0 Å². The summed E-state index contributed by atoms with van der Waals surface area (Å²) in [4.78, 5) is 9.48. The topological polar surface area (TPSA) is 33.5 Å². The molecule has 0 saturated heterocycles. The maximum atomic E-state index is 6.65. The molecule has 0 fully saturated rings. The monoisotopic (exact) mass is 618 g/mol. The van der Waals surface area contributed by atoms with Crippen molar-refractivity contribution in [3.8, 4) is 28.4 Å². The Morgan fingerprint density at radius 1 is 0.542 bits per heavy atom. The molecule has 0 amide bonds. The number of ether oxygens (including phenoxy) is 1. The van der Waals surface area contributed by atoms with E-state index in [9.17, 15) is 0 Å². The van der Waals surface area contributed by atoms with E-state index in [1.807, 2.05) is 24.4 Å². The van der Waals surface area contributed by atoms with Gasteiger partial charge < -0.3 is 14.5 Å². The Labute approximate surface area is 278 Å². The molecular formula is C43H30N4O. The smallest absolute Gasteiger partial charge is 0.137 e. The second kappa shape index (κ2) is 10.6. The van der Waals surface area contributed by atoms with Crippen LogP contribution in [0.15, 0.2) is 158 Å². The fourth-order valence-corrected chi connectivity index (χ4v) is 7.62. The number of benzene rings is 6. The van der Waals surface area contributed by atoms with Crippen LogP contribution in [0.5, 0.6) is 11.5 Å². The maximum Gasteiger partial charge on any atom is 0.137 e. The molecule has 0 saturated carbocycles. The fraction of sp³-hybridized carbons (Fsp3) is 0.0465. The summed E-state index contributed by atoms with van der Waals surface area (Å²) in [5.74, 6) is 2.46. The Morgan fingerprint density at radius 2 is 1.29 bits per heavy atom. The summed E-state index contributed by atoms with van der Waals surface area (Å²) < 4.78 is 8.92. The third kappa shape index (κ3) is 4.14. The second-order valence-electron chi connectivity index (χ2n) is 12.5. The van der Waals surface area contributed by atoms with Gasteiger partial charge in [0.25, 0.3) is 0 Å². The van der Waals surface area contributed by atoms with Gasteiger partial charge in [-0.2, -0.15) is 0 Å². The van der Waals surface area contributed by atoms with Gasteiger partial charge in [-0.15, -0.1) is 0 Å². The number of anilines is 4. The molecule has 3 heterocycles. The third-order valence-electron chi connectivity index (χ3n) is 9.71. The molecule has 0 bridgehead atoms. The highest BCUT2D eigenvalue weighted by molar-refractivity contribution is 6.17. The highest BCUT2D eigenvalue weighted by Crippen LogP contribution is 2.47. The molecular weight excluding hydrogens is 589 g/mol. The van der Waals surface area contributed by atoms with Crippen molar-refractivity contribution >= 4 is 44.6 Å². The summed E-state index contributed by atoms with van der Waals surface area (Å²) in [7, 11) is 0. The largest absolute Gasteiger partial charge is 0.457 e. The number of hydrogen-bond acceptors (Lipinski definition) is 4. The summed E-state index contributed by atoms with van der Waals surface area (Å²) in [6.07, 6.45) is 2.82. The number of hydrogen-bond donors (Lipinski definition) is 0. The molecule has 6 aromatic carbocycles. The minimum atomic E-state index is 0.719. The average molecular weight is 619 g/mol. The first-order valence-electron chi connectivity index (χ1n) is 16.4. The molecule has 0 atom stereocenters. The van der Waals surface area contributed by atoms with Crippen LogP contribution in [0, 0.1) is 0 Å². The van der Waals surface area contributed by atoms with Crippen LogP contribution in [0.25, 0.3) is 38.8 Å². The van der Waals surface area contributed by atoms with Crippen LogP contribution in [0.4, 0.5) is 22.7 Å². The minimum Gasteiger partial charge on any atom is -0.457 e. The highest BCUT2D eigenvalue weighted by atomic mass is 16.5. The van der Waals surface area contributed by atoms with Gasteiger partial charge in [0, 0.05) is 40.5 Å². The van der Waals surface area contributed by atoms with E-state index >= 15 is 0 Å². The molecule has 0 unspecified atom stereocenters. The van der Waals surface area contributed by atoms with Crippen molar-refractivity contribution in [1.29, 1.82) is 0 Å². The van der Waals surface area contributed by atoms with Crippen molar-refractivity contribution < 1.29 is 4.74 Å². The summed E-state index contributed by atoms with van der Waals surface area (Å²) in [6, 6.07) is 53.4. The lowest BCUT2D eigenvalue weighted by Crippen LogP contribution is -2.23. The average Bonchev–Trinajstić information content (AvgIpc) is 3.82. The lowest BCUT2D eigenvalue weighted by Gasteiger charge is -2.22. The second-order valence-corrected chi connectivity index (χ2v) is 12.5. The van der Waals surface area contributed by atoms with Gasteiger partial charge in [-0.25, -0.2) is 4.98 Å². The van der Waals surface area contributed by atoms with Gasteiger partial charge in [-0.3, -0.25) is 4.57 Å². The number of rotatable bonds is 5. The van der Waals surface area contributed by atoms with Gasteiger partial charge in [-0.1, -0.05) is 72.8 Å². The van der Waals surface area contributed by atoms with Gasteiger partial charge in [0.1, 0.15) is 24.0 Å². The zero-order chi connectivity index (χ0) is 31.6. The first-order valence-corrected chi connectivity index (χ1v) is 16.4. The van der Waals surface area contributed by atoms with Crippen LogP contribution in [0.2, 0.25) is 0 Å². The van der Waals surface area contributed by atoms with Crippen LogP contribution < -0.4 is 14.5 Å². The normalized spacial score (nSPS) is 13.2. The molecule has 2 aromatic heterocycles. The molecule has 10 rings (SSSR count). The van der Waals surface area contributed by atoms with E-state index in [2.05, 4.69) is 148 Å². The van der Waals surface area contributed by atoms with Gasteiger partial charge >= 0.3 is 0 Å². The summed E-state index contributed by atoms with van der Waals surface area (Å²) >= 11 is 0. The Hall–Kier alpha value is -6.33. The molecule has 1 aliphatic carbocycles. The van der Waals surface area contributed by atoms with Gasteiger partial charge in [0.05, 0.1) is 22.4 Å². The standard InChI is InChI=1S/C43H30N4O/c1-2-12-31(13-3-1)45-28-46(38-18-7-6-17-37(38)45)32-14-10-15-33(26-32)48-34-21-22-36-40(27-34)47(41-19-8-9-24-44-41)39-23-20-30-25-29-11-4-5-16-35(29)42(30)43(36)39/h1-24,26-27H,25,28H2. The first-order chi connectivity index (χ1) is 23.8. The molecule has 0 radical (unpaired) electrons. The zero-order valence-electron chi connectivity index (χ0n) is 26.1. The predicted molar refractivity (Wildman–Crippen MR) is 195 cm³/mol. The highest BCUT2D eigenvalue weighted by Gasteiger charge is 2.28. The van der Waals surface area contributed by atoms with Crippen LogP contribution in [-0.2, 0) is 6.42 Å². The maximum absolute atomic E-state index is 6.65. The third-order valence-corrected chi connectivity index (χ3v) is 9.71. The van der Waals surface area contributed by atoms with Gasteiger partial charge in [0.15, 0.2) is 0 Å². The van der Waals surface area contributed by atoms with E-state index in [4.69, 9.17) is 9.72 Å². The first kappa shape index (κ1) is 26.8. The van der Waals surface area contributed by atoms with E-state index in [-0.39, 0.29) is 0 Å². The number of aromatic nitrogens is 2. The lowest BCUT2D eigenvalue weighted by molar-refractivity contribution is 0.483. The van der Waals surface area contributed by atoms with Crippen molar-refractivity contribution in [2.45, 2.75) is 6.42 Å². The zero-order valence-corrected chi connectivity index (χ0v) is 26.1. The molecule has 2 aliphatic rings. The van der Waals surface area contributed by atoms with Crippen LogP contribution in [-0.4, -0.2) is 16.2 Å². The molecule has 0 N–H and O–H groups in total. The summed E-state index contributed by atoms with van der Waals surface area (Å²) in [5, 5.41) is 2.46. The number of fused-ring (bicyclic) bond motifs is 8. The van der Waals surface area contributed by atoms with Crippen LogP contribution >= 0.6 is 0 Å². The Bertz CT molecular complexity index is 2500. The van der Waals surface area contributed by atoms with Crippen LogP contribution in [0.1, 0.15) is 11.1 Å². The SMILES string of the molecule is c1ccc(N2CN(c3cccc(Oc4ccc5c6c7c(ccc6n(-c6ccccn6)c5c4)Cc4ccccc4-7)c3)c3ccccc32)cc1. The number of nitrogens with zero attached hydrogens (tertiary/aromatic N) is 4. The van der Waals surface area contributed by atoms with E-state index < -0.39 is 0 Å². The fourth-order valence-electron chi connectivity index (χ4n) is 7.62. The van der Waals surface area contributed by atoms with Crippen molar-refractivity contribution in [3.63, 3.8) is 0 Å².